The minimum absolute atomic E-state index is 0.448. The molecule has 1 heterocycles. The summed E-state index contributed by atoms with van der Waals surface area (Å²) >= 11 is 5.60. The molecule has 3 nitrogen and oxygen atoms in total. The summed E-state index contributed by atoms with van der Waals surface area (Å²) < 4.78 is 11.3. The minimum atomic E-state index is 0.448. The molecular weight excluding hydrogens is 238 g/mol. The molecule has 0 spiro atoms. The van der Waals surface area contributed by atoms with Crippen molar-refractivity contribution < 1.29 is 9.47 Å². The van der Waals surface area contributed by atoms with Crippen LogP contribution in [0.2, 0.25) is 0 Å². The monoisotopic (exact) mass is 263 g/mol. The van der Waals surface area contributed by atoms with Crippen LogP contribution in [-0.2, 0) is 9.47 Å². The van der Waals surface area contributed by atoms with Gasteiger partial charge in [0.05, 0.1) is 19.3 Å². The molecule has 0 aliphatic carbocycles. The Morgan fingerprint density at radius 3 is 2.47 bits per heavy atom. The largest absolute Gasteiger partial charge is 0.379 e. The molecule has 4 heteroatoms. The lowest BCUT2D eigenvalue weighted by molar-refractivity contribution is -0.00771. The number of rotatable bonds is 10. The van der Waals surface area contributed by atoms with E-state index in [1.54, 1.807) is 0 Å². The molecule has 102 valence electrons. The van der Waals surface area contributed by atoms with Crippen LogP contribution in [0.4, 0.5) is 0 Å². The van der Waals surface area contributed by atoms with Gasteiger partial charge in [-0.15, -0.1) is 11.6 Å². The maximum absolute atomic E-state index is 5.75. The van der Waals surface area contributed by atoms with E-state index in [-0.39, 0.29) is 0 Å². The molecule has 0 aromatic rings. The topological polar surface area (TPSA) is 30.5 Å². The van der Waals surface area contributed by atoms with Crippen LogP contribution in [0.3, 0.4) is 0 Å². The Hall–Kier alpha value is 0.170. The predicted octanol–water partition coefficient (Wildman–Crippen LogP) is 2.57. The van der Waals surface area contributed by atoms with E-state index in [4.69, 9.17) is 21.1 Å². The molecule has 0 aromatic heterocycles. The van der Waals surface area contributed by atoms with Gasteiger partial charge in [0.1, 0.15) is 0 Å². The lowest BCUT2D eigenvalue weighted by Gasteiger charge is -2.22. The van der Waals surface area contributed by atoms with E-state index in [0.29, 0.717) is 6.10 Å². The number of hydrogen-bond acceptors (Lipinski definition) is 3. The zero-order valence-corrected chi connectivity index (χ0v) is 11.5. The molecule has 0 amide bonds. The zero-order valence-electron chi connectivity index (χ0n) is 10.8. The number of unbranched alkanes of at least 4 members (excludes halogenated alkanes) is 3. The van der Waals surface area contributed by atoms with Crippen LogP contribution in [0.1, 0.15) is 38.5 Å². The fourth-order valence-corrected chi connectivity index (χ4v) is 2.18. The van der Waals surface area contributed by atoms with Crippen LogP contribution >= 0.6 is 11.6 Å². The second-order valence-corrected chi connectivity index (χ2v) is 4.91. The van der Waals surface area contributed by atoms with Gasteiger partial charge >= 0.3 is 0 Å². The van der Waals surface area contributed by atoms with Crippen molar-refractivity contribution in [2.45, 2.75) is 44.6 Å². The van der Waals surface area contributed by atoms with E-state index in [2.05, 4.69) is 5.32 Å². The summed E-state index contributed by atoms with van der Waals surface area (Å²) in [6.07, 6.45) is 7.44. The molecular formula is C13H26ClNO2. The van der Waals surface area contributed by atoms with Gasteiger partial charge in [-0.1, -0.05) is 12.8 Å². The highest BCUT2D eigenvalue weighted by Gasteiger charge is 2.12. The summed E-state index contributed by atoms with van der Waals surface area (Å²) in [4.78, 5) is 0. The summed E-state index contributed by atoms with van der Waals surface area (Å²) in [6.45, 7) is 4.52. The van der Waals surface area contributed by atoms with E-state index in [1.165, 1.54) is 12.8 Å². The van der Waals surface area contributed by atoms with Gasteiger partial charge in [-0.05, 0) is 38.8 Å². The first-order chi connectivity index (χ1) is 8.43. The van der Waals surface area contributed by atoms with Crippen molar-refractivity contribution in [2.24, 2.45) is 0 Å². The van der Waals surface area contributed by atoms with Crippen LogP contribution < -0.4 is 5.32 Å². The Kier molecular flexibility index (Phi) is 10.1. The van der Waals surface area contributed by atoms with Crippen molar-refractivity contribution in [3.8, 4) is 0 Å². The summed E-state index contributed by atoms with van der Waals surface area (Å²) in [7, 11) is 0. The van der Waals surface area contributed by atoms with E-state index < -0.39 is 0 Å². The molecule has 17 heavy (non-hydrogen) atoms. The number of nitrogens with one attached hydrogen (secondary N) is 1. The van der Waals surface area contributed by atoms with Crippen LogP contribution in [0.5, 0.6) is 0 Å². The van der Waals surface area contributed by atoms with Crippen molar-refractivity contribution in [3.05, 3.63) is 0 Å². The zero-order chi connectivity index (χ0) is 12.2. The normalized spacial score (nSPS) is 17.5. The average molecular weight is 264 g/mol. The third-order valence-electron chi connectivity index (χ3n) is 3.04. The van der Waals surface area contributed by atoms with Crippen molar-refractivity contribution >= 4 is 11.6 Å². The molecule has 1 saturated heterocycles. The minimum Gasteiger partial charge on any atom is -0.379 e. The first-order valence-corrected chi connectivity index (χ1v) is 7.43. The second kappa shape index (κ2) is 11.3. The van der Waals surface area contributed by atoms with Gasteiger partial charge in [0.15, 0.2) is 0 Å². The molecule has 0 radical (unpaired) electrons. The van der Waals surface area contributed by atoms with Crippen LogP contribution in [0.15, 0.2) is 0 Å². The molecule has 0 unspecified atom stereocenters. The lowest BCUT2D eigenvalue weighted by Crippen LogP contribution is -2.33. The first kappa shape index (κ1) is 15.2. The van der Waals surface area contributed by atoms with Gasteiger partial charge in [0.2, 0.25) is 0 Å². The van der Waals surface area contributed by atoms with Gasteiger partial charge in [0.25, 0.3) is 0 Å². The highest BCUT2D eigenvalue weighted by atomic mass is 35.5. The average Bonchev–Trinajstić information content (AvgIpc) is 2.38. The number of piperidine rings is 1. The van der Waals surface area contributed by atoms with Crippen LogP contribution in [-0.4, -0.2) is 44.9 Å². The predicted molar refractivity (Wildman–Crippen MR) is 71.9 cm³/mol. The first-order valence-electron chi connectivity index (χ1n) is 6.89. The summed E-state index contributed by atoms with van der Waals surface area (Å²) in [5, 5.41) is 3.33. The van der Waals surface area contributed by atoms with E-state index in [9.17, 15) is 0 Å². The fraction of sp³-hybridized carbons (Fsp3) is 1.00. The summed E-state index contributed by atoms with van der Waals surface area (Å²) in [6, 6.07) is 0. The summed E-state index contributed by atoms with van der Waals surface area (Å²) in [5.41, 5.74) is 0. The van der Waals surface area contributed by atoms with Gasteiger partial charge in [0, 0.05) is 12.5 Å². The van der Waals surface area contributed by atoms with E-state index in [1.807, 2.05) is 0 Å². The standard InChI is InChI=1S/C13H26ClNO2/c14-7-3-1-2-4-10-16-11-12-17-13-5-8-15-9-6-13/h13,15H,1-12H2. The van der Waals surface area contributed by atoms with Crippen molar-refractivity contribution in [1.29, 1.82) is 0 Å². The third kappa shape index (κ3) is 8.83. The van der Waals surface area contributed by atoms with E-state index in [0.717, 1.165) is 64.5 Å². The summed E-state index contributed by atoms with van der Waals surface area (Å²) in [5.74, 6) is 0.783. The maximum Gasteiger partial charge on any atom is 0.0704 e. The molecule has 0 atom stereocenters. The van der Waals surface area contributed by atoms with E-state index >= 15 is 0 Å². The third-order valence-corrected chi connectivity index (χ3v) is 3.31. The van der Waals surface area contributed by atoms with Gasteiger partial charge in [-0.25, -0.2) is 0 Å². The Morgan fingerprint density at radius 2 is 1.71 bits per heavy atom. The van der Waals surface area contributed by atoms with Crippen LogP contribution in [0.25, 0.3) is 0 Å². The fourth-order valence-electron chi connectivity index (χ4n) is 1.99. The Bertz CT molecular complexity index is 163. The molecule has 1 aliphatic rings. The van der Waals surface area contributed by atoms with Gasteiger partial charge < -0.3 is 14.8 Å². The highest BCUT2D eigenvalue weighted by molar-refractivity contribution is 6.17. The molecule has 0 bridgehead atoms. The Balaban J connectivity index is 1.75. The van der Waals surface area contributed by atoms with Crippen molar-refractivity contribution in [3.63, 3.8) is 0 Å². The van der Waals surface area contributed by atoms with Crippen molar-refractivity contribution in [1.82, 2.24) is 5.32 Å². The molecule has 0 aromatic carbocycles. The van der Waals surface area contributed by atoms with Crippen LogP contribution in [0, 0.1) is 0 Å². The Morgan fingerprint density at radius 1 is 0.941 bits per heavy atom. The van der Waals surface area contributed by atoms with Gasteiger partial charge in [-0.2, -0.15) is 0 Å². The molecule has 1 fully saturated rings. The molecule has 1 rings (SSSR count). The number of alkyl halides is 1. The number of hydrogen-bond donors (Lipinski definition) is 1. The quantitative estimate of drug-likeness (QED) is 0.485. The van der Waals surface area contributed by atoms with Gasteiger partial charge in [-0.3, -0.25) is 0 Å². The van der Waals surface area contributed by atoms with Crippen molar-refractivity contribution in [2.75, 3.05) is 38.8 Å². The molecule has 1 aliphatic heterocycles. The Labute approximate surface area is 110 Å². The maximum atomic E-state index is 5.75. The molecule has 0 saturated carbocycles. The highest BCUT2D eigenvalue weighted by Crippen LogP contribution is 2.06. The number of halogens is 1. The lowest BCUT2D eigenvalue weighted by atomic mass is 10.1. The second-order valence-electron chi connectivity index (χ2n) is 4.54. The number of ether oxygens (including phenoxy) is 2. The molecule has 1 N–H and O–H groups in total. The smallest absolute Gasteiger partial charge is 0.0704 e. The SMILES string of the molecule is ClCCCCCCOCCOC1CCNCC1.